The van der Waals surface area contributed by atoms with E-state index in [2.05, 4.69) is 0 Å². The number of methoxy groups -OCH3 is 1. The van der Waals surface area contributed by atoms with Gasteiger partial charge in [-0.3, -0.25) is 0 Å². The van der Waals surface area contributed by atoms with E-state index in [4.69, 9.17) is 27.8 Å². The second kappa shape index (κ2) is 4.55. The van der Waals surface area contributed by atoms with Gasteiger partial charge in [-0.25, -0.2) is 0 Å². The third kappa shape index (κ3) is 2.29. The predicted molar refractivity (Wildman–Crippen MR) is 72.3 cm³/mol. The number of anilines is 2. The average Bonchev–Trinajstić information content (AvgIpc) is 2.33. The quantitative estimate of drug-likeness (QED) is 0.803. The minimum Gasteiger partial charge on any atom is -0.496 e. The fourth-order valence-electron chi connectivity index (χ4n) is 1.63. The maximum Gasteiger partial charge on any atom is 0.128 e. The SMILES string of the molecule is COc1cc(N)c(Cl)cc1-c1ccc(N)cc1. The van der Waals surface area contributed by atoms with Gasteiger partial charge >= 0.3 is 0 Å². The molecule has 0 bridgehead atoms. The van der Waals surface area contributed by atoms with E-state index in [-0.39, 0.29) is 0 Å². The molecule has 0 heterocycles. The summed E-state index contributed by atoms with van der Waals surface area (Å²) < 4.78 is 5.30. The largest absolute Gasteiger partial charge is 0.496 e. The summed E-state index contributed by atoms with van der Waals surface area (Å²) in [5, 5.41) is 0.512. The van der Waals surface area contributed by atoms with Crippen molar-refractivity contribution in [1.29, 1.82) is 0 Å². The van der Waals surface area contributed by atoms with Crippen LogP contribution in [0.25, 0.3) is 11.1 Å². The molecule has 0 saturated carbocycles. The van der Waals surface area contributed by atoms with Crippen molar-refractivity contribution in [3.63, 3.8) is 0 Å². The van der Waals surface area contributed by atoms with Crippen molar-refractivity contribution in [2.45, 2.75) is 0 Å². The third-order valence-corrected chi connectivity index (χ3v) is 2.87. The number of rotatable bonds is 2. The number of halogens is 1. The van der Waals surface area contributed by atoms with Crippen LogP contribution in [0.5, 0.6) is 5.75 Å². The highest BCUT2D eigenvalue weighted by Gasteiger charge is 2.09. The van der Waals surface area contributed by atoms with Gasteiger partial charge in [0.2, 0.25) is 0 Å². The van der Waals surface area contributed by atoms with Gasteiger partial charge in [-0.05, 0) is 23.8 Å². The van der Waals surface area contributed by atoms with Crippen LogP contribution in [0.2, 0.25) is 5.02 Å². The summed E-state index contributed by atoms with van der Waals surface area (Å²) in [4.78, 5) is 0. The van der Waals surface area contributed by atoms with E-state index in [1.807, 2.05) is 24.3 Å². The molecule has 0 amide bonds. The van der Waals surface area contributed by atoms with Crippen molar-refractivity contribution in [2.24, 2.45) is 0 Å². The van der Waals surface area contributed by atoms with Crippen LogP contribution < -0.4 is 16.2 Å². The van der Waals surface area contributed by atoms with Gasteiger partial charge < -0.3 is 16.2 Å². The van der Waals surface area contributed by atoms with Crippen LogP contribution in [0.15, 0.2) is 36.4 Å². The summed E-state index contributed by atoms with van der Waals surface area (Å²) in [5.74, 6) is 0.691. The monoisotopic (exact) mass is 248 g/mol. The summed E-state index contributed by atoms with van der Waals surface area (Å²) in [6, 6.07) is 11.0. The lowest BCUT2D eigenvalue weighted by molar-refractivity contribution is 0.416. The molecular weight excluding hydrogens is 236 g/mol. The molecular formula is C13H13ClN2O. The Hall–Kier alpha value is -1.87. The molecule has 0 aliphatic carbocycles. The Morgan fingerprint density at radius 2 is 1.71 bits per heavy atom. The molecule has 0 unspecified atom stereocenters. The summed E-state index contributed by atoms with van der Waals surface area (Å²) in [5.41, 5.74) is 14.5. The maximum atomic E-state index is 6.02. The lowest BCUT2D eigenvalue weighted by Crippen LogP contribution is -1.93. The van der Waals surface area contributed by atoms with Crippen LogP contribution in [0, 0.1) is 0 Å². The van der Waals surface area contributed by atoms with E-state index in [1.54, 1.807) is 19.2 Å². The predicted octanol–water partition coefficient (Wildman–Crippen LogP) is 3.18. The van der Waals surface area contributed by atoms with Gasteiger partial charge in [0.1, 0.15) is 5.75 Å². The van der Waals surface area contributed by atoms with Gasteiger partial charge in [0.05, 0.1) is 17.8 Å². The smallest absolute Gasteiger partial charge is 0.128 e. The molecule has 3 nitrogen and oxygen atoms in total. The average molecular weight is 249 g/mol. The van der Waals surface area contributed by atoms with Crippen molar-refractivity contribution >= 4 is 23.0 Å². The molecule has 88 valence electrons. The summed E-state index contributed by atoms with van der Waals surface area (Å²) in [6.07, 6.45) is 0. The van der Waals surface area contributed by atoms with E-state index in [9.17, 15) is 0 Å². The molecule has 0 aliphatic rings. The van der Waals surface area contributed by atoms with E-state index in [1.165, 1.54) is 0 Å². The zero-order chi connectivity index (χ0) is 12.4. The van der Waals surface area contributed by atoms with E-state index in [0.717, 1.165) is 11.1 Å². The highest BCUT2D eigenvalue weighted by Crippen LogP contribution is 2.36. The van der Waals surface area contributed by atoms with Crippen molar-refractivity contribution in [2.75, 3.05) is 18.6 Å². The highest BCUT2D eigenvalue weighted by molar-refractivity contribution is 6.33. The lowest BCUT2D eigenvalue weighted by atomic mass is 10.0. The molecule has 2 aromatic rings. The zero-order valence-corrected chi connectivity index (χ0v) is 10.2. The number of hydrogen-bond donors (Lipinski definition) is 2. The van der Waals surface area contributed by atoms with Crippen molar-refractivity contribution in [3.05, 3.63) is 41.4 Å². The number of hydrogen-bond acceptors (Lipinski definition) is 3. The van der Waals surface area contributed by atoms with Gasteiger partial charge in [0.25, 0.3) is 0 Å². The first-order chi connectivity index (χ1) is 8.11. The minimum absolute atomic E-state index is 0.503. The van der Waals surface area contributed by atoms with Gasteiger partial charge in [-0.15, -0.1) is 0 Å². The molecule has 0 aliphatic heterocycles. The molecule has 0 spiro atoms. The molecule has 0 fully saturated rings. The summed E-state index contributed by atoms with van der Waals surface area (Å²) in [7, 11) is 1.60. The first-order valence-corrected chi connectivity index (χ1v) is 5.48. The highest BCUT2D eigenvalue weighted by atomic mass is 35.5. The molecule has 0 atom stereocenters. The summed E-state index contributed by atoms with van der Waals surface area (Å²) in [6.45, 7) is 0. The van der Waals surface area contributed by atoms with Crippen molar-refractivity contribution in [1.82, 2.24) is 0 Å². The maximum absolute atomic E-state index is 6.02. The van der Waals surface area contributed by atoms with Gasteiger partial charge in [0.15, 0.2) is 0 Å². The molecule has 0 saturated heterocycles. The third-order valence-electron chi connectivity index (χ3n) is 2.54. The molecule has 0 aromatic heterocycles. The fourth-order valence-corrected chi connectivity index (χ4v) is 1.79. The van der Waals surface area contributed by atoms with Crippen LogP contribution in [0.1, 0.15) is 0 Å². The molecule has 4 heteroatoms. The molecule has 2 rings (SSSR count). The minimum atomic E-state index is 0.503. The van der Waals surface area contributed by atoms with Gasteiger partial charge in [0, 0.05) is 17.3 Å². The van der Waals surface area contributed by atoms with Crippen LogP contribution in [-0.4, -0.2) is 7.11 Å². The zero-order valence-electron chi connectivity index (χ0n) is 9.41. The van der Waals surface area contributed by atoms with E-state index in [0.29, 0.717) is 22.1 Å². The normalized spacial score (nSPS) is 10.2. The van der Waals surface area contributed by atoms with Crippen LogP contribution in [0.4, 0.5) is 11.4 Å². The second-order valence-corrected chi connectivity index (χ2v) is 4.10. The Labute approximate surface area is 105 Å². The Morgan fingerprint density at radius 1 is 1.06 bits per heavy atom. The molecule has 0 radical (unpaired) electrons. The van der Waals surface area contributed by atoms with Gasteiger partial charge in [-0.2, -0.15) is 0 Å². The van der Waals surface area contributed by atoms with Gasteiger partial charge in [-0.1, -0.05) is 23.7 Å². The lowest BCUT2D eigenvalue weighted by Gasteiger charge is -2.11. The Morgan fingerprint density at radius 3 is 2.29 bits per heavy atom. The van der Waals surface area contributed by atoms with Crippen molar-refractivity contribution in [3.8, 4) is 16.9 Å². The van der Waals surface area contributed by atoms with Crippen molar-refractivity contribution < 1.29 is 4.74 Å². The van der Waals surface area contributed by atoms with Crippen LogP contribution >= 0.6 is 11.6 Å². The number of benzene rings is 2. The number of nitrogens with two attached hydrogens (primary N) is 2. The first kappa shape index (κ1) is 11.6. The fraction of sp³-hybridized carbons (Fsp3) is 0.0769. The molecule has 17 heavy (non-hydrogen) atoms. The summed E-state index contributed by atoms with van der Waals surface area (Å²) >= 11 is 6.02. The molecule has 4 N–H and O–H groups in total. The Balaban J connectivity index is 2.57. The number of ether oxygens (including phenoxy) is 1. The molecule has 2 aromatic carbocycles. The second-order valence-electron chi connectivity index (χ2n) is 3.70. The van der Waals surface area contributed by atoms with E-state index >= 15 is 0 Å². The standard InChI is InChI=1S/C13H13ClN2O/c1-17-13-7-12(16)11(14)6-10(13)8-2-4-9(15)5-3-8/h2-7H,15-16H2,1H3. The van der Waals surface area contributed by atoms with E-state index < -0.39 is 0 Å². The first-order valence-electron chi connectivity index (χ1n) is 5.10. The Bertz CT molecular complexity index is 538. The Kier molecular flexibility index (Phi) is 3.11. The number of nitrogen functional groups attached to an aromatic ring is 2. The van der Waals surface area contributed by atoms with Crippen LogP contribution in [0.3, 0.4) is 0 Å². The topological polar surface area (TPSA) is 61.3 Å². The van der Waals surface area contributed by atoms with Crippen LogP contribution in [-0.2, 0) is 0 Å².